The van der Waals surface area contributed by atoms with Crippen LogP contribution in [0.4, 0.5) is 4.79 Å². The fraction of sp³-hybridized carbons (Fsp3) is 0.780. The fourth-order valence-electron chi connectivity index (χ4n) is 4.81. The minimum absolute atomic E-state index is 0.00733. The molecule has 0 aliphatic rings. The molecular formula is C50H114N14O4. The molecule has 0 radical (unpaired) electrons. The van der Waals surface area contributed by atoms with Crippen LogP contribution >= 0.6 is 0 Å². The van der Waals surface area contributed by atoms with Crippen LogP contribution in [0.25, 0.3) is 0 Å². The van der Waals surface area contributed by atoms with Crippen LogP contribution in [0.3, 0.4) is 0 Å². The summed E-state index contributed by atoms with van der Waals surface area (Å²) in [6.07, 6.45) is 0.511. The van der Waals surface area contributed by atoms with Gasteiger partial charge in [0.1, 0.15) is 0 Å². The predicted octanol–water partition coefficient (Wildman–Crippen LogP) is 4.15. The van der Waals surface area contributed by atoms with Gasteiger partial charge in [-0.3, -0.25) is 0 Å². The number of aliphatic hydroxyl groups excluding tert-OH is 3. The van der Waals surface area contributed by atoms with Crippen LogP contribution in [0.5, 0.6) is 0 Å². The van der Waals surface area contributed by atoms with Crippen molar-refractivity contribution in [2.75, 3.05) is 74.1 Å². The van der Waals surface area contributed by atoms with E-state index >= 15 is 0 Å². The molecule has 0 aromatic heterocycles. The lowest BCUT2D eigenvalue weighted by Crippen LogP contribution is -2.43. The maximum Gasteiger partial charge on any atom is 0.315 e. The molecule has 0 rings (SSSR count). The van der Waals surface area contributed by atoms with E-state index in [1.165, 1.54) is 0 Å². The van der Waals surface area contributed by atoms with Crippen LogP contribution in [0.2, 0.25) is 0 Å². The van der Waals surface area contributed by atoms with Gasteiger partial charge in [-0.25, -0.2) is 4.79 Å². The molecular weight excluding hydrogens is 861 g/mol. The molecule has 408 valence electrons. The van der Waals surface area contributed by atoms with E-state index in [-0.39, 0.29) is 43.0 Å². The first-order valence-electron chi connectivity index (χ1n) is 24.4. The van der Waals surface area contributed by atoms with E-state index in [0.717, 1.165) is 48.6 Å². The molecule has 4 atom stereocenters. The first kappa shape index (κ1) is 75.3. The Morgan fingerprint density at radius 2 is 0.809 bits per heavy atom. The molecule has 2 amide bonds. The van der Waals surface area contributed by atoms with Gasteiger partial charge in [0.15, 0.2) is 0 Å². The normalized spacial score (nSPS) is 11.9. The molecule has 68 heavy (non-hydrogen) atoms. The molecule has 0 aromatic carbocycles. The maximum absolute atomic E-state index is 10.9. The standard InChI is InChI=1S/C9H21N3.C9H20N2O.C9H20N2.2C8H18N2O.C7H17N3O/c1-7(2)11-9(4)12(5)6-8(3)10;1-7(2)10-9(4)11(5)6-8(3)12;1-6-7-11(5)9(4)10-8(2)3;1-7(2)9-8(3)10(4)5-6-11;1-6(2)10-8(4)9-5-7(3)11;1-5(2)10-7(11)9-4-6(3)8/h7-8,11H,4,6,10H2,1-3,5H3;7-8,10,12H,4,6H2,1-3,5H3;8,10H,4,6-7H2,1-3,5H3;7,9,11H,3,5-6H2,1-2,4H3;6-7,9-11H,4-5H2,1-3H3;5-6H,4,8H2,1-3H3,(H2,9,10,11). The Balaban J connectivity index is -0.000000170. The smallest absolute Gasteiger partial charge is 0.315 e. The molecule has 0 heterocycles. The molecule has 0 spiro atoms. The Kier molecular flexibility index (Phi) is 51.5. The Labute approximate surface area is 419 Å². The number of urea groups is 1. The van der Waals surface area contributed by atoms with Crippen molar-refractivity contribution in [1.29, 1.82) is 0 Å². The van der Waals surface area contributed by atoms with E-state index < -0.39 is 0 Å². The zero-order valence-electron chi connectivity index (χ0n) is 47.7. The topological polar surface area (TPSA) is 239 Å². The quantitative estimate of drug-likeness (QED) is 0.0528. The van der Waals surface area contributed by atoms with E-state index in [0.29, 0.717) is 56.4 Å². The largest absolute Gasteiger partial charge is 0.395 e. The molecule has 0 aliphatic heterocycles. The van der Waals surface area contributed by atoms with E-state index in [9.17, 15) is 4.79 Å². The number of nitrogens with zero attached hydrogens (tertiary/aromatic N) is 4. The van der Waals surface area contributed by atoms with Gasteiger partial charge < -0.3 is 88.9 Å². The van der Waals surface area contributed by atoms with Gasteiger partial charge in [0.25, 0.3) is 0 Å². The summed E-state index contributed by atoms with van der Waals surface area (Å²) >= 11 is 0. The van der Waals surface area contributed by atoms with E-state index in [1.54, 1.807) is 13.8 Å². The van der Waals surface area contributed by atoms with Crippen LogP contribution in [-0.4, -0.2) is 176 Å². The van der Waals surface area contributed by atoms with Crippen LogP contribution in [0.1, 0.15) is 124 Å². The molecule has 0 aromatic rings. The summed E-state index contributed by atoms with van der Waals surface area (Å²) in [5.74, 6) is 4.42. The predicted molar refractivity (Wildman–Crippen MR) is 295 cm³/mol. The lowest BCUT2D eigenvalue weighted by molar-refractivity contribution is 0.152. The van der Waals surface area contributed by atoms with Gasteiger partial charge in [0.2, 0.25) is 0 Å². The summed E-state index contributed by atoms with van der Waals surface area (Å²) in [6.45, 7) is 57.6. The SMILES string of the molecule is C=C(NC(C)C)N(C)CC(C)N.C=C(NC(C)C)N(C)CC(C)O.C=C(NC(C)C)N(C)CCC.C=C(NC(C)C)N(C)CCO.C=C(NCC(C)O)NC(C)C.CC(N)CNC(=O)NC(C)C. The first-order valence-corrected chi connectivity index (χ1v) is 24.4. The summed E-state index contributed by atoms with van der Waals surface area (Å²) in [5, 5.41) is 50.8. The van der Waals surface area contributed by atoms with Crippen LogP contribution in [-0.2, 0) is 0 Å². The van der Waals surface area contributed by atoms with Crippen molar-refractivity contribution in [2.24, 2.45) is 11.5 Å². The molecule has 0 bridgehead atoms. The van der Waals surface area contributed by atoms with Crippen molar-refractivity contribution in [1.82, 2.24) is 62.1 Å². The monoisotopic (exact) mass is 975 g/mol. The zero-order valence-corrected chi connectivity index (χ0v) is 47.7. The number of nitrogens with one attached hydrogen (secondary N) is 8. The number of likely N-dealkylation sites (N-methyl/N-ethyl adjacent to an activating group) is 3. The molecule has 18 nitrogen and oxygen atoms in total. The third-order valence-corrected chi connectivity index (χ3v) is 7.84. The third kappa shape index (κ3) is 63.9. The minimum Gasteiger partial charge on any atom is -0.395 e. The Bertz CT molecular complexity index is 1160. The Hall–Kier alpha value is -4.23. The summed E-state index contributed by atoms with van der Waals surface area (Å²) in [7, 11) is 7.85. The fourth-order valence-corrected chi connectivity index (χ4v) is 4.81. The Morgan fingerprint density at radius 3 is 1.09 bits per heavy atom. The summed E-state index contributed by atoms with van der Waals surface area (Å²) in [4.78, 5) is 18.8. The van der Waals surface area contributed by atoms with Crippen molar-refractivity contribution in [3.05, 3.63) is 62.0 Å². The lowest BCUT2D eigenvalue weighted by Gasteiger charge is -2.25. The van der Waals surface area contributed by atoms with Gasteiger partial charge in [-0.1, -0.05) is 39.8 Å². The highest BCUT2D eigenvalue weighted by Gasteiger charge is 2.07. The van der Waals surface area contributed by atoms with Crippen LogP contribution < -0.4 is 54.0 Å². The van der Waals surface area contributed by atoms with Crippen molar-refractivity contribution >= 4 is 6.03 Å². The average Bonchev–Trinajstić information content (AvgIpc) is 3.15. The van der Waals surface area contributed by atoms with Gasteiger partial charge in [-0.15, -0.1) is 0 Å². The highest BCUT2D eigenvalue weighted by atomic mass is 16.3. The molecule has 18 heteroatoms. The van der Waals surface area contributed by atoms with E-state index in [2.05, 4.69) is 150 Å². The number of aliphatic hydroxyl groups is 3. The van der Waals surface area contributed by atoms with Crippen molar-refractivity contribution in [3.8, 4) is 0 Å². The van der Waals surface area contributed by atoms with Crippen molar-refractivity contribution < 1.29 is 20.1 Å². The number of hydrogen-bond donors (Lipinski definition) is 13. The zero-order chi connectivity index (χ0) is 54.9. The summed E-state index contributed by atoms with van der Waals surface area (Å²) in [5.41, 5.74) is 11.1. The van der Waals surface area contributed by atoms with E-state index in [1.807, 2.05) is 77.4 Å². The number of hydrogen-bond acceptors (Lipinski definition) is 16. The van der Waals surface area contributed by atoms with Gasteiger partial charge in [0, 0.05) is 116 Å². The number of carbonyl (C=O) groups excluding carboxylic acids is 1. The lowest BCUT2D eigenvalue weighted by atomic mass is 10.3. The first-order chi connectivity index (χ1) is 31.0. The molecule has 4 unspecified atom stereocenters. The highest BCUT2D eigenvalue weighted by Crippen LogP contribution is 1.99. The summed E-state index contributed by atoms with van der Waals surface area (Å²) in [6, 6.07) is 2.26. The van der Waals surface area contributed by atoms with Crippen molar-refractivity contribution in [2.45, 2.75) is 185 Å². The minimum atomic E-state index is -0.333. The number of rotatable bonds is 28. The highest BCUT2D eigenvalue weighted by molar-refractivity contribution is 5.74. The molecule has 0 aliphatic carbocycles. The van der Waals surface area contributed by atoms with Crippen LogP contribution in [0.15, 0.2) is 62.0 Å². The molecule has 0 fully saturated rings. The molecule has 0 saturated carbocycles. The van der Waals surface area contributed by atoms with Gasteiger partial charge in [-0.2, -0.15) is 0 Å². The van der Waals surface area contributed by atoms with Crippen molar-refractivity contribution in [3.63, 3.8) is 0 Å². The van der Waals surface area contributed by atoms with Gasteiger partial charge in [-0.05, 0) is 117 Å². The second kappa shape index (κ2) is 46.5. The number of amides is 2. The number of carbonyl (C=O) groups is 1. The third-order valence-electron chi connectivity index (χ3n) is 7.84. The number of nitrogens with two attached hydrogens (primary N) is 2. The maximum atomic E-state index is 10.9. The second-order valence-corrected chi connectivity index (χ2v) is 19.1. The van der Waals surface area contributed by atoms with Crippen LogP contribution in [0, 0.1) is 0 Å². The van der Waals surface area contributed by atoms with E-state index in [4.69, 9.17) is 26.8 Å². The molecule has 15 N–H and O–H groups in total. The van der Waals surface area contributed by atoms with Gasteiger partial charge >= 0.3 is 6.03 Å². The second-order valence-electron chi connectivity index (χ2n) is 19.1. The van der Waals surface area contributed by atoms with Gasteiger partial charge in [0.05, 0.1) is 47.9 Å². The average molecular weight is 976 g/mol. The molecule has 0 saturated heterocycles. The summed E-state index contributed by atoms with van der Waals surface area (Å²) < 4.78 is 0. The Morgan fingerprint density at radius 1 is 0.471 bits per heavy atom.